The number of likely N-dealkylation sites (N-methyl/N-ethyl adjacent to an activating group) is 1. The zero-order chi connectivity index (χ0) is 33.7. The van der Waals surface area contributed by atoms with E-state index in [9.17, 15) is 33.9 Å². The van der Waals surface area contributed by atoms with Crippen LogP contribution < -0.4 is 0 Å². The zero-order valence-corrected chi connectivity index (χ0v) is 27.2. The molecular weight excluding hydrogens is 622 g/mol. The number of fused-ring (bicyclic) bond motifs is 1. The molecule has 1 aromatic carbocycles. The summed E-state index contributed by atoms with van der Waals surface area (Å²) in [6.07, 6.45) is -0.902. The van der Waals surface area contributed by atoms with E-state index in [1.54, 1.807) is 51.4 Å². The summed E-state index contributed by atoms with van der Waals surface area (Å²) < 4.78 is 20.5. The summed E-state index contributed by atoms with van der Waals surface area (Å²) in [6.45, 7) is 3.90. The highest BCUT2D eigenvalue weighted by Crippen LogP contribution is 2.52. The van der Waals surface area contributed by atoms with Gasteiger partial charge in [0.05, 0.1) is 23.6 Å². The molecule has 3 amide bonds. The number of carbonyl (C=O) groups is 6. The highest BCUT2D eigenvalue weighted by molar-refractivity contribution is 8.03. The van der Waals surface area contributed by atoms with Gasteiger partial charge in [0.2, 0.25) is 25.4 Å². The van der Waals surface area contributed by atoms with Crippen LogP contribution in [0.25, 0.3) is 0 Å². The minimum absolute atomic E-state index is 0.0136. The van der Waals surface area contributed by atoms with Crippen molar-refractivity contribution in [2.24, 2.45) is 11.8 Å². The largest absolute Gasteiger partial charge is 0.428 e. The first kappa shape index (κ1) is 34.8. The Bertz CT molecular complexity index is 1380. The fourth-order valence-corrected chi connectivity index (χ4v) is 7.35. The Labute approximate surface area is 270 Å². The predicted octanol–water partition coefficient (Wildman–Crippen LogP) is 2.11. The molecule has 1 N–H and O–H groups in total. The maximum Gasteiger partial charge on any atom is 0.413 e. The minimum atomic E-state index is -0.956. The number of carbonyl (C=O) groups excluding carboxylic acids is 6. The Hall–Kier alpha value is -4.11. The number of thioether (sulfide) groups is 1. The molecule has 0 bridgehead atoms. The van der Waals surface area contributed by atoms with Gasteiger partial charge in [-0.25, -0.2) is 14.4 Å². The highest BCUT2D eigenvalue weighted by Gasteiger charge is 2.60. The Morgan fingerprint density at radius 1 is 1.02 bits per heavy atom. The molecule has 1 aromatic rings. The van der Waals surface area contributed by atoms with Crippen molar-refractivity contribution >= 4 is 47.6 Å². The molecule has 15 heteroatoms. The predicted molar refractivity (Wildman–Crippen MR) is 162 cm³/mol. The number of amides is 3. The minimum Gasteiger partial charge on any atom is -0.428 e. The number of hydrogen-bond donors (Lipinski definition) is 1. The third-order valence-electron chi connectivity index (χ3n) is 8.06. The van der Waals surface area contributed by atoms with Crippen molar-refractivity contribution < 1.29 is 52.8 Å². The van der Waals surface area contributed by atoms with Crippen LogP contribution in [-0.2, 0) is 38.1 Å². The third-order valence-corrected chi connectivity index (χ3v) is 9.56. The number of aliphatic hydroxyl groups is 1. The number of aliphatic hydroxyl groups excluding tert-OH is 1. The van der Waals surface area contributed by atoms with Gasteiger partial charge < -0.3 is 33.9 Å². The first-order valence-electron chi connectivity index (χ1n) is 15.0. The Morgan fingerprint density at radius 3 is 2.30 bits per heavy atom. The van der Waals surface area contributed by atoms with Crippen LogP contribution in [0.3, 0.4) is 0 Å². The van der Waals surface area contributed by atoms with Crippen molar-refractivity contribution in [2.45, 2.75) is 63.5 Å². The average molecular weight is 662 g/mol. The Morgan fingerprint density at radius 2 is 1.67 bits per heavy atom. The number of hydrogen-bond acceptors (Lipinski definition) is 12. The summed E-state index contributed by atoms with van der Waals surface area (Å²) in [7, 11) is 3.12. The molecule has 2 fully saturated rings. The summed E-state index contributed by atoms with van der Waals surface area (Å²) in [4.78, 5) is 81.0. The standard InChI is InChI=1S/C31H39N3O11S/c1-6-10-22(36)42-15-44-30(40)25-26(17(2)24-23(18(3)35)28(38)34(24)25)46-20-13-21(27(37)32(4)5)33(14-20)31(41)45-16-43-29(39)19-11-8-7-9-12-19/h7-9,11-12,17-18,20-21,23-24,35H,6,10,13-16H2,1-5H3/t17-,18?,20+,21+,23-,24-/m1/s1. The monoisotopic (exact) mass is 661 g/mol. The van der Waals surface area contributed by atoms with Crippen LogP contribution in [-0.4, -0.2) is 113 Å². The van der Waals surface area contributed by atoms with Crippen LogP contribution in [0.1, 0.15) is 50.4 Å². The third kappa shape index (κ3) is 7.30. The van der Waals surface area contributed by atoms with E-state index < -0.39 is 72.8 Å². The SMILES string of the molecule is CCCC(=O)OCOC(=O)C1=C(S[C@H]2C[C@@H](C(=O)N(C)C)N(C(=O)OCOC(=O)c3ccccc3)C2)[C@H](C)[C@@H]2[C@@H](C(C)O)C(=O)N12. The number of esters is 3. The van der Waals surface area contributed by atoms with E-state index in [2.05, 4.69) is 0 Å². The number of rotatable bonds is 12. The van der Waals surface area contributed by atoms with Gasteiger partial charge in [-0.05, 0) is 31.9 Å². The van der Waals surface area contributed by atoms with Gasteiger partial charge in [0.15, 0.2) is 0 Å². The number of nitrogens with zero attached hydrogens (tertiary/aromatic N) is 3. The smallest absolute Gasteiger partial charge is 0.413 e. The lowest BCUT2D eigenvalue weighted by atomic mass is 9.79. The fraction of sp³-hybridized carbons (Fsp3) is 0.548. The molecule has 4 rings (SSSR count). The first-order valence-corrected chi connectivity index (χ1v) is 15.9. The molecule has 3 aliphatic heterocycles. The number of ether oxygens (including phenoxy) is 4. The summed E-state index contributed by atoms with van der Waals surface area (Å²) >= 11 is 1.24. The summed E-state index contributed by atoms with van der Waals surface area (Å²) in [6, 6.07) is 6.78. The molecule has 0 radical (unpaired) electrons. The van der Waals surface area contributed by atoms with Gasteiger partial charge >= 0.3 is 24.0 Å². The van der Waals surface area contributed by atoms with Crippen molar-refractivity contribution in [3.63, 3.8) is 0 Å². The second-order valence-corrected chi connectivity index (χ2v) is 12.8. The molecule has 0 aromatic heterocycles. The zero-order valence-electron chi connectivity index (χ0n) is 26.4. The molecule has 6 atom stereocenters. The average Bonchev–Trinajstić information content (AvgIpc) is 3.54. The molecule has 3 aliphatic rings. The van der Waals surface area contributed by atoms with Gasteiger partial charge in [-0.1, -0.05) is 32.0 Å². The normalized spacial score (nSPS) is 24.1. The van der Waals surface area contributed by atoms with E-state index in [0.717, 1.165) is 0 Å². The van der Waals surface area contributed by atoms with E-state index in [-0.39, 0.29) is 42.5 Å². The number of benzene rings is 1. The lowest BCUT2D eigenvalue weighted by Gasteiger charge is -2.46. The van der Waals surface area contributed by atoms with Gasteiger partial charge in [0.1, 0.15) is 11.7 Å². The maximum atomic E-state index is 13.3. The van der Waals surface area contributed by atoms with Gasteiger partial charge in [-0.2, -0.15) is 0 Å². The van der Waals surface area contributed by atoms with Gasteiger partial charge in [-0.15, -0.1) is 11.8 Å². The summed E-state index contributed by atoms with van der Waals surface area (Å²) in [5.74, 6) is -3.97. The second-order valence-electron chi connectivity index (χ2n) is 11.5. The van der Waals surface area contributed by atoms with E-state index in [4.69, 9.17) is 18.9 Å². The molecule has 46 heavy (non-hydrogen) atoms. The molecule has 14 nitrogen and oxygen atoms in total. The van der Waals surface area contributed by atoms with E-state index in [0.29, 0.717) is 11.3 Å². The van der Waals surface area contributed by atoms with Gasteiger partial charge in [-0.3, -0.25) is 19.3 Å². The topological polar surface area (TPSA) is 169 Å². The lowest BCUT2D eigenvalue weighted by molar-refractivity contribution is -0.172. The van der Waals surface area contributed by atoms with Crippen molar-refractivity contribution in [1.82, 2.24) is 14.7 Å². The molecule has 0 aliphatic carbocycles. The van der Waals surface area contributed by atoms with E-state index >= 15 is 0 Å². The van der Waals surface area contributed by atoms with Crippen LogP contribution in [0.2, 0.25) is 0 Å². The van der Waals surface area contributed by atoms with E-state index in [1.807, 2.05) is 6.92 Å². The maximum absolute atomic E-state index is 13.3. The quantitative estimate of drug-likeness (QED) is 0.197. The second kappa shape index (κ2) is 15.0. The summed E-state index contributed by atoms with van der Waals surface area (Å²) in [5, 5.41) is 9.88. The molecule has 0 spiro atoms. The fourth-order valence-electron chi connectivity index (χ4n) is 5.83. The lowest BCUT2D eigenvalue weighted by Crippen LogP contribution is -2.63. The van der Waals surface area contributed by atoms with E-state index in [1.165, 1.54) is 33.4 Å². The molecule has 1 unspecified atom stereocenters. The Balaban J connectivity index is 1.50. The molecule has 0 saturated carbocycles. The van der Waals surface area contributed by atoms with Crippen LogP contribution in [0.15, 0.2) is 40.9 Å². The van der Waals surface area contributed by atoms with Crippen molar-refractivity contribution in [3.8, 4) is 0 Å². The number of likely N-dealkylation sites (tertiary alicyclic amines) is 1. The molecule has 2 saturated heterocycles. The van der Waals surface area contributed by atoms with Crippen LogP contribution in [0, 0.1) is 11.8 Å². The van der Waals surface area contributed by atoms with Crippen LogP contribution in [0.5, 0.6) is 0 Å². The van der Waals surface area contributed by atoms with Crippen molar-refractivity contribution in [2.75, 3.05) is 34.2 Å². The van der Waals surface area contributed by atoms with Crippen molar-refractivity contribution in [3.05, 3.63) is 46.5 Å². The Kier molecular flexibility index (Phi) is 11.3. The first-order chi connectivity index (χ1) is 21.9. The summed E-state index contributed by atoms with van der Waals surface area (Å²) in [5.41, 5.74) is 0.269. The molecular formula is C31H39N3O11S. The van der Waals surface area contributed by atoms with Gasteiger partial charge in [0.25, 0.3) is 0 Å². The molecule has 250 valence electrons. The van der Waals surface area contributed by atoms with Crippen molar-refractivity contribution in [1.29, 1.82) is 0 Å². The number of β-lactam (4-membered cyclic amide) rings is 1. The highest BCUT2D eigenvalue weighted by atomic mass is 32.2. The van der Waals surface area contributed by atoms with Gasteiger partial charge in [0, 0.05) is 43.1 Å². The molecule has 3 heterocycles. The van der Waals surface area contributed by atoms with Crippen LogP contribution >= 0.6 is 11.8 Å². The van der Waals surface area contributed by atoms with Crippen LogP contribution in [0.4, 0.5) is 4.79 Å².